The lowest BCUT2D eigenvalue weighted by Crippen LogP contribution is -2.36. The van der Waals surface area contributed by atoms with E-state index in [4.69, 9.17) is 34.1 Å². The topological polar surface area (TPSA) is 130 Å². The van der Waals surface area contributed by atoms with Gasteiger partial charge in [-0.3, -0.25) is 9.98 Å². The molecule has 3 rings (SSSR count). The lowest BCUT2D eigenvalue weighted by atomic mass is 10.0. The van der Waals surface area contributed by atoms with Crippen molar-refractivity contribution in [2.24, 2.45) is 22.2 Å². The highest BCUT2D eigenvalue weighted by Crippen LogP contribution is 2.21. The molecule has 0 spiro atoms. The standard InChI is InChI=1S/C23H26ClN7/c1-15(26)21(23(28)30-20-3-2-10-31(13-20)14-25)22(27)17-6-4-16(5-7-17)11-19-9-8-18(24)12-29-19/h4-9,12,20H,1-3,10-11,13,26-27H2,(H2,28,30). The van der Waals surface area contributed by atoms with Crippen molar-refractivity contribution in [3.05, 3.63) is 82.3 Å². The van der Waals surface area contributed by atoms with Crippen molar-refractivity contribution < 1.29 is 0 Å². The van der Waals surface area contributed by atoms with Crippen LogP contribution in [0.25, 0.3) is 5.70 Å². The third kappa shape index (κ3) is 5.77. The van der Waals surface area contributed by atoms with E-state index in [0.29, 0.717) is 29.3 Å². The van der Waals surface area contributed by atoms with E-state index >= 15 is 0 Å². The molecule has 7 nitrogen and oxygen atoms in total. The lowest BCUT2D eigenvalue weighted by Gasteiger charge is -2.26. The van der Waals surface area contributed by atoms with Crippen LogP contribution in [0, 0.1) is 11.5 Å². The predicted molar refractivity (Wildman–Crippen MR) is 125 cm³/mol. The van der Waals surface area contributed by atoms with E-state index in [2.05, 4.69) is 22.7 Å². The van der Waals surface area contributed by atoms with Crippen LogP contribution in [0.2, 0.25) is 5.02 Å². The summed E-state index contributed by atoms with van der Waals surface area (Å²) >= 11 is 5.89. The maximum absolute atomic E-state index is 9.13. The first-order valence-electron chi connectivity index (χ1n) is 10.00. The molecule has 0 saturated carbocycles. The van der Waals surface area contributed by atoms with E-state index < -0.39 is 0 Å². The van der Waals surface area contributed by atoms with Crippen LogP contribution < -0.4 is 17.2 Å². The molecule has 31 heavy (non-hydrogen) atoms. The third-order valence-corrected chi connectivity index (χ3v) is 5.37. The number of nitrogens with zero attached hydrogens (tertiary/aromatic N) is 4. The first kappa shape index (κ1) is 22.2. The van der Waals surface area contributed by atoms with Crippen molar-refractivity contribution >= 4 is 23.1 Å². The third-order valence-electron chi connectivity index (χ3n) is 5.15. The first-order valence-corrected chi connectivity index (χ1v) is 10.4. The van der Waals surface area contributed by atoms with E-state index in [1.54, 1.807) is 11.1 Å². The van der Waals surface area contributed by atoms with Crippen LogP contribution in [-0.4, -0.2) is 34.9 Å². The van der Waals surface area contributed by atoms with Gasteiger partial charge in [0.2, 0.25) is 0 Å². The van der Waals surface area contributed by atoms with E-state index in [1.807, 2.05) is 36.4 Å². The molecular weight excluding hydrogens is 410 g/mol. The van der Waals surface area contributed by atoms with Gasteiger partial charge in [-0.2, -0.15) is 5.26 Å². The van der Waals surface area contributed by atoms with Gasteiger partial charge in [0, 0.05) is 30.6 Å². The molecule has 1 aromatic heterocycles. The molecule has 1 fully saturated rings. The number of nitriles is 1. The number of aromatic nitrogens is 1. The number of likely N-dealkylation sites (tertiary alicyclic amines) is 1. The fraction of sp³-hybridized carbons (Fsp3) is 0.261. The second kappa shape index (κ2) is 10.0. The Kier molecular flexibility index (Phi) is 7.16. The van der Waals surface area contributed by atoms with Crippen LogP contribution in [0.1, 0.15) is 29.7 Å². The Bertz CT molecular complexity index is 1030. The average molecular weight is 436 g/mol. The highest BCUT2D eigenvalue weighted by Gasteiger charge is 2.20. The van der Waals surface area contributed by atoms with Crippen molar-refractivity contribution in [1.29, 1.82) is 5.26 Å². The number of benzene rings is 1. The first-order chi connectivity index (χ1) is 14.9. The summed E-state index contributed by atoms with van der Waals surface area (Å²) in [5.41, 5.74) is 22.6. The Hall–Kier alpha value is -3.50. The van der Waals surface area contributed by atoms with Crippen molar-refractivity contribution in [2.45, 2.75) is 25.3 Å². The van der Waals surface area contributed by atoms with Crippen molar-refractivity contribution in [3.8, 4) is 6.19 Å². The van der Waals surface area contributed by atoms with E-state index in [0.717, 1.165) is 36.2 Å². The molecule has 1 aliphatic rings. The van der Waals surface area contributed by atoms with Crippen LogP contribution in [-0.2, 0) is 6.42 Å². The maximum Gasteiger partial charge on any atom is 0.179 e. The molecule has 2 heterocycles. The zero-order chi connectivity index (χ0) is 22.4. The minimum absolute atomic E-state index is 0.0789. The number of nitrogens with two attached hydrogens (primary N) is 3. The fourth-order valence-corrected chi connectivity index (χ4v) is 3.67. The van der Waals surface area contributed by atoms with Gasteiger partial charge in [0.1, 0.15) is 5.84 Å². The molecular formula is C23H26ClN7. The van der Waals surface area contributed by atoms with Gasteiger partial charge in [-0.1, -0.05) is 42.4 Å². The number of hydrogen-bond acceptors (Lipinski definition) is 6. The Labute approximate surface area is 187 Å². The monoisotopic (exact) mass is 435 g/mol. The van der Waals surface area contributed by atoms with Crippen LogP contribution in [0.4, 0.5) is 0 Å². The Morgan fingerprint density at radius 1 is 1.23 bits per heavy atom. The molecule has 0 bridgehead atoms. The quantitative estimate of drug-likeness (QED) is 0.277. The number of aliphatic imine (C=N–C) groups is 1. The zero-order valence-electron chi connectivity index (χ0n) is 17.3. The molecule has 6 N–H and O–H groups in total. The summed E-state index contributed by atoms with van der Waals surface area (Å²) in [6.45, 7) is 5.11. The Morgan fingerprint density at radius 2 is 1.97 bits per heavy atom. The smallest absolute Gasteiger partial charge is 0.179 e. The molecule has 0 amide bonds. The molecule has 1 unspecified atom stereocenters. The number of rotatable bonds is 6. The molecule has 0 aliphatic carbocycles. The van der Waals surface area contributed by atoms with Crippen LogP contribution in [0.3, 0.4) is 0 Å². The Morgan fingerprint density at radius 3 is 2.58 bits per heavy atom. The summed E-state index contributed by atoms with van der Waals surface area (Å²) in [6, 6.07) is 11.4. The second-order valence-electron chi connectivity index (χ2n) is 7.51. The SMILES string of the molecule is C=C(N)C(C(N)=NC1CCCN(C#N)C1)=C(N)c1ccc(Cc2ccc(Cl)cn2)cc1. The summed E-state index contributed by atoms with van der Waals surface area (Å²) < 4.78 is 0. The lowest BCUT2D eigenvalue weighted by molar-refractivity contribution is 0.293. The summed E-state index contributed by atoms with van der Waals surface area (Å²) in [5, 5.41) is 9.74. The number of hydrogen-bond donors (Lipinski definition) is 3. The Balaban J connectivity index is 1.81. The molecule has 1 aliphatic heterocycles. The fourth-order valence-electron chi connectivity index (χ4n) is 3.55. The largest absolute Gasteiger partial charge is 0.399 e. The summed E-state index contributed by atoms with van der Waals surface area (Å²) in [5.74, 6) is 0.240. The average Bonchev–Trinajstić information content (AvgIpc) is 2.75. The second-order valence-corrected chi connectivity index (χ2v) is 7.95. The molecule has 0 radical (unpaired) electrons. The van der Waals surface area contributed by atoms with Gasteiger partial charge in [0.25, 0.3) is 0 Å². The summed E-state index contributed by atoms with van der Waals surface area (Å²) in [4.78, 5) is 10.6. The van der Waals surface area contributed by atoms with Crippen LogP contribution in [0.15, 0.2) is 65.4 Å². The molecule has 160 valence electrons. The summed E-state index contributed by atoms with van der Waals surface area (Å²) in [7, 11) is 0. The highest BCUT2D eigenvalue weighted by molar-refractivity contribution is 6.30. The summed E-state index contributed by atoms with van der Waals surface area (Å²) in [6.07, 6.45) is 6.22. The van der Waals surface area contributed by atoms with Crippen molar-refractivity contribution in [3.63, 3.8) is 0 Å². The highest BCUT2D eigenvalue weighted by atomic mass is 35.5. The zero-order valence-corrected chi connectivity index (χ0v) is 18.0. The van der Waals surface area contributed by atoms with Gasteiger partial charge in [0.15, 0.2) is 6.19 Å². The number of pyridine rings is 1. The number of halogens is 1. The van der Waals surface area contributed by atoms with Crippen molar-refractivity contribution in [1.82, 2.24) is 9.88 Å². The number of piperidine rings is 1. The van der Waals surface area contributed by atoms with Gasteiger partial charge in [-0.25, -0.2) is 0 Å². The van der Waals surface area contributed by atoms with Gasteiger partial charge in [-0.15, -0.1) is 0 Å². The van der Waals surface area contributed by atoms with Crippen LogP contribution in [0.5, 0.6) is 0 Å². The van der Waals surface area contributed by atoms with Gasteiger partial charge in [-0.05, 0) is 36.1 Å². The maximum atomic E-state index is 9.13. The molecule has 1 saturated heterocycles. The number of amidine groups is 1. The van der Waals surface area contributed by atoms with E-state index in [9.17, 15) is 0 Å². The molecule has 1 aromatic carbocycles. The van der Waals surface area contributed by atoms with Gasteiger partial charge in [0.05, 0.1) is 28.9 Å². The molecule has 8 heteroatoms. The molecule has 1 atom stereocenters. The van der Waals surface area contributed by atoms with Crippen LogP contribution >= 0.6 is 11.6 Å². The van der Waals surface area contributed by atoms with E-state index in [1.165, 1.54) is 0 Å². The molecule has 2 aromatic rings. The minimum Gasteiger partial charge on any atom is -0.399 e. The van der Waals surface area contributed by atoms with Gasteiger partial charge < -0.3 is 22.1 Å². The van der Waals surface area contributed by atoms with E-state index in [-0.39, 0.29) is 17.6 Å². The predicted octanol–water partition coefficient (Wildman–Crippen LogP) is 2.77. The normalized spacial score (nSPS) is 17.6. The minimum atomic E-state index is -0.0789. The van der Waals surface area contributed by atoms with Crippen molar-refractivity contribution in [2.75, 3.05) is 13.1 Å². The van der Waals surface area contributed by atoms with Gasteiger partial charge >= 0.3 is 0 Å².